The van der Waals surface area contributed by atoms with Gasteiger partial charge in [0.25, 0.3) is 0 Å². The van der Waals surface area contributed by atoms with Crippen LogP contribution >= 0.6 is 0 Å². The highest BCUT2D eigenvalue weighted by molar-refractivity contribution is 5.11. The van der Waals surface area contributed by atoms with Gasteiger partial charge < -0.3 is 10.1 Å². The zero-order chi connectivity index (χ0) is 13.4. The molecule has 0 saturated carbocycles. The Kier molecular flexibility index (Phi) is 6.65. The number of nitrogens with zero attached hydrogens (tertiary/aromatic N) is 2. The van der Waals surface area contributed by atoms with Gasteiger partial charge in [0.2, 0.25) is 5.88 Å². The molecule has 0 amide bonds. The van der Waals surface area contributed by atoms with Crippen LogP contribution in [0.15, 0.2) is 12.1 Å². The van der Waals surface area contributed by atoms with E-state index in [2.05, 4.69) is 43.2 Å². The van der Waals surface area contributed by atoms with E-state index in [9.17, 15) is 0 Å². The van der Waals surface area contributed by atoms with Gasteiger partial charge in [-0.05, 0) is 24.8 Å². The summed E-state index contributed by atoms with van der Waals surface area (Å²) < 4.78 is 5.54. The molecule has 1 aromatic rings. The first-order valence-corrected chi connectivity index (χ1v) is 6.76. The average Bonchev–Trinajstić information content (AvgIpc) is 2.33. The molecule has 1 N–H and O–H groups in total. The molecule has 0 aliphatic rings. The van der Waals surface area contributed by atoms with Crippen LogP contribution in [0.5, 0.6) is 5.88 Å². The lowest BCUT2D eigenvalue weighted by molar-refractivity contribution is 0.283. The molecule has 0 spiro atoms. The fourth-order valence-corrected chi connectivity index (χ4v) is 1.50. The Morgan fingerprint density at radius 1 is 1.17 bits per heavy atom. The van der Waals surface area contributed by atoms with E-state index in [0.717, 1.165) is 31.2 Å². The maximum atomic E-state index is 5.54. The molecular weight excluding hydrogens is 226 g/mol. The van der Waals surface area contributed by atoms with Crippen molar-refractivity contribution in [2.45, 2.75) is 53.1 Å². The Bertz CT molecular complexity index is 322. The standard InChI is InChI=1S/C14H25N3O/c1-11(2)6-5-9-18-14-8-7-13(16-17-14)10-15-12(3)4/h7-8,11-12,15H,5-6,9-10H2,1-4H3. The summed E-state index contributed by atoms with van der Waals surface area (Å²) in [7, 11) is 0. The summed E-state index contributed by atoms with van der Waals surface area (Å²) in [6.45, 7) is 10.1. The first-order valence-electron chi connectivity index (χ1n) is 6.76. The van der Waals surface area contributed by atoms with Crippen LogP contribution in [0.25, 0.3) is 0 Å². The Morgan fingerprint density at radius 3 is 2.50 bits per heavy atom. The molecule has 4 heteroatoms. The van der Waals surface area contributed by atoms with Crippen molar-refractivity contribution in [3.05, 3.63) is 17.8 Å². The molecular formula is C14H25N3O. The molecule has 0 unspecified atom stereocenters. The van der Waals surface area contributed by atoms with E-state index in [-0.39, 0.29) is 0 Å². The normalized spacial score (nSPS) is 11.2. The second kappa shape index (κ2) is 8.03. The molecule has 0 aliphatic carbocycles. The zero-order valence-electron chi connectivity index (χ0n) is 11.9. The summed E-state index contributed by atoms with van der Waals surface area (Å²) in [5.74, 6) is 1.34. The monoisotopic (exact) mass is 251 g/mol. The van der Waals surface area contributed by atoms with E-state index in [4.69, 9.17) is 4.74 Å². The van der Waals surface area contributed by atoms with Gasteiger partial charge in [-0.25, -0.2) is 0 Å². The van der Waals surface area contributed by atoms with Crippen LogP contribution in [0.2, 0.25) is 0 Å². The Morgan fingerprint density at radius 2 is 1.94 bits per heavy atom. The minimum atomic E-state index is 0.457. The van der Waals surface area contributed by atoms with Crippen LogP contribution in [-0.4, -0.2) is 22.8 Å². The molecule has 0 atom stereocenters. The lowest BCUT2D eigenvalue weighted by Gasteiger charge is -2.08. The first kappa shape index (κ1) is 14.9. The van der Waals surface area contributed by atoms with Gasteiger partial charge in [-0.15, -0.1) is 5.10 Å². The largest absolute Gasteiger partial charge is 0.477 e. The van der Waals surface area contributed by atoms with Crippen molar-refractivity contribution in [3.63, 3.8) is 0 Å². The summed E-state index contributed by atoms with van der Waals surface area (Å²) in [6.07, 6.45) is 2.25. The Balaban J connectivity index is 2.27. The van der Waals surface area contributed by atoms with Gasteiger partial charge in [-0.3, -0.25) is 0 Å². The SMILES string of the molecule is CC(C)CCCOc1ccc(CNC(C)C)nn1. The third kappa shape index (κ3) is 6.55. The van der Waals surface area contributed by atoms with Gasteiger partial charge >= 0.3 is 0 Å². The summed E-state index contributed by atoms with van der Waals surface area (Å²) >= 11 is 0. The molecule has 0 aromatic carbocycles. The van der Waals surface area contributed by atoms with Gasteiger partial charge in [-0.2, -0.15) is 5.10 Å². The maximum absolute atomic E-state index is 5.54. The topological polar surface area (TPSA) is 47.0 Å². The quantitative estimate of drug-likeness (QED) is 0.722. The van der Waals surface area contributed by atoms with Crippen molar-refractivity contribution >= 4 is 0 Å². The molecule has 102 valence electrons. The number of hydrogen-bond acceptors (Lipinski definition) is 4. The number of aromatic nitrogens is 2. The van der Waals surface area contributed by atoms with Crippen LogP contribution in [0.1, 0.15) is 46.2 Å². The number of ether oxygens (including phenoxy) is 1. The fraction of sp³-hybridized carbons (Fsp3) is 0.714. The van der Waals surface area contributed by atoms with Crippen LogP contribution in [0, 0.1) is 5.92 Å². The zero-order valence-corrected chi connectivity index (χ0v) is 11.9. The van der Waals surface area contributed by atoms with Crippen LogP contribution in [0.3, 0.4) is 0 Å². The molecule has 0 radical (unpaired) electrons. The minimum absolute atomic E-state index is 0.457. The second-order valence-electron chi connectivity index (χ2n) is 5.28. The predicted molar refractivity (Wildman–Crippen MR) is 73.6 cm³/mol. The molecule has 1 heterocycles. The number of nitrogens with one attached hydrogen (secondary N) is 1. The van der Waals surface area contributed by atoms with Gasteiger partial charge in [0.1, 0.15) is 0 Å². The molecule has 1 aromatic heterocycles. The smallest absolute Gasteiger partial charge is 0.233 e. The lowest BCUT2D eigenvalue weighted by atomic mass is 10.1. The lowest BCUT2D eigenvalue weighted by Crippen LogP contribution is -2.22. The van der Waals surface area contributed by atoms with Gasteiger partial charge in [-0.1, -0.05) is 27.7 Å². The summed E-state index contributed by atoms with van der Waals surface area (Å²) in [4.78, 5) is 0. The van der Waals surface area contributed by atoms with Crippen LogP contribution in [-0.2, 0) is 6.54 Å². The van der Waals surface area contributed by atoms with Gasteiger partial charge in [0.05, 0.1) is 12.3 Å². The maximum Gasteiger partial charge on any atom is 0.233 e. The molecule has 1 rings (SSSR count). The molecule has 4 nitrogen and oxygen atoms in total. The molecule has 18 heavy (non-hydrogen) atoms. The van der Waals surface area contributed by atoms with Crippen molar-refractivity contribution in [1.82, 2.24) is 15.5 Å². The summed E-state index contributed by atoms with van der Waals surface area (Å²) in [6, 6.07) is 4.30. The fourth-order valence-electron chi connectivity index (χ4n) is 1.50. The highest BCUT2D eigenvalue weighted by atomic mass is 16.5. The molecule has 0 fully saturated rings. The highest BCUT2D eigenvalue weighted by Crippen LogP contribution is 2.08. The molecule has 0 aliphatic heterocycles. The molecule has 0 saturated heterocycles. The first-order chi connectivity index (χ1) is 8.58. The number of rotatable bonds is 8. The Hall–Kier alpha value is -1.16. The van der Waals surface area contributed by atoms with Gasteiger partial charge in [0.15, 0.2) is 0 Å². The van der Waals surface area contributed by atoms with Crippen LogP contribution in [0.4, 0.5) is 0 Å². The summed E-state index contributed by atoms with van der Waals surface area (Å²) in [5, 5.41) is 11.5. The van der Waals surface area contributed by atoms with Crippen molar-refractivity contribution in [2.75, 3.05) is 6.61 Å². The van der Waals surface area contributed by atoms with Crippen molar-refractivity contribution in [1.29, 1.82) is 0 Å². The van der Waals surface area contributed by atoms with Crippen molar-refractivity contribution in [3.8, 4) is 5.88 Å². The minimum Gasteiger partial charge on any atom is -0.477 e. The third-order valence-electron chi connectivity index (χ3n) is 2.56. The highest BCUT2D eigenvalue weighted by Gasteiger charge is 2.00. The van der Waals surface area contributed by atoms with E-state index in [1.807, 2.05) is 12.1 Å². The second-order valence-corrected chi connectivity index (χ2v) is 5.28. The number of hydrogen-bond donors (Lipinski definition) is 1. The molecule has 0 bridgehead atoms. The summed E-state index contributed by atoms with van der Waals surface area (Å²) in [5.41, 5.74) is 0.943. The van der Waals surface area contributed by atoms with E-state index in [0.29, 0.717) is 11.9 Å². The van der Waals surface area contributed by atoms with Crippen molar-refractivity contribution < 1.29 is 4.74 Å². The predicted octanol–water partition coefficient (Wildman–Crippen LogP) is 2.79. The van der Waals surface area contributed by atoms with E-state index in [1.54, 1.807) is 0 Å². The van der Waals surface area contributed by atoms with Crippen molar-refractivity contribution in [2.24, 2.45) is 5.92 Å². The third-order valence-corrected chi connectivity index (χ3v) is 2.56. The van der Waals surface area contributed by atoms with E-state index < -0.39 is 0 Å². The van der Waals surface area contributed by atoms with Crippen LogP contribution < -0.4 is 10.1 Å². The van der Waals surface area contributed by atoms with E-state index >= 15 is 0 Å². The van der Waals surface area contributed by atoms with E-state index in [1.165, 1.54) is 6.42 Å². The average molecular weight is 251 g/mol. The Labute approximate surface area is 110 Å². The van der Waals surface area contributed by atoms with Gasteiger partial charge in [0, 0.05) is 18.7 Å².